The molecule has 3 aromatic rings. The second-order valence-corrected chi connectivity index (χ2v) is 9.34. The third-order valence-electron chi connectivity index (χ3n) is 5.45. The van der Waals surface area contributed by atoms with Crippen molar-refractivity contribution in [1.82, 2.24) is 10.2 Å². The Kier molecular flexibility index (Phi) is 6.55. The van der Waals surface area contributed by atoms with E-state index in [4.69, 9.17) is 4.74 Å². The van der Waals surface area contributed by atoms with Gasteiger partial charge in [-0.2, -0.15) is 0 Å². The summed E-state index contributed by atoms with van der Waals surface area (Å²) in [4.78, 5) is 2.08. The van der Waals surface area contributed by atoms with Gasteiger partial charge >= 0.3 is 0 Å². The van der Waals surface area contributed by atoms with E-state index in [9.17, 15) is 12.8 Å². The molecular weight excluding hydrogens is 431 g/mol. The van der Waals surface area contributed by atoms with Crippen LogP contribution in [0.1, 0.15) is 25.7 Å². The van der Waals surface area contributed by atoms with Crippen molar-refractivity contribution in [3.8, 4) is 17.0 Å². The van der Waals surface area contributed by atoms with E-state index < -0.39 is 15.8 Å². The number of sulfonamides is 1. The predicted molar refractivity (Wildman–Crippen MR) is 122 cm³/mol. The third-order valence-corrected chi connectivity index (χ3v) is 6.83. The summed E-state index contributed by atoms with van der Waals surface area (Å²) >= 11 is 0. The van der Waals surface area contributed by atoms with Crippen LogP contribution in [-0.2, 0) is 10.0 Å². The fourth-order valence-corrected chi connectivity index (χ4v) is 4.76. The monoisotopic (exact) mass is 456 g/mol. The predicted octanol–water partition coefficient (Wildman–Crippen LogP) is 4.47. The molecule has 1 fully saturated rings. The molecule has 0 aliphatic carbocycles. The Labute approximate surface area is 187 Å². The number of benzene rings is 2. The Morgan fingerprint density at radius 2 is 1.66 bits per heavy atom. The van der Waals surface area contributed by atoms with Gasteiger partial charge in [0.15, 0.2) is 17.4 Å². The molecule has 0 amide bonds. The molecule has 7 nitrogen and oxygen atoms in total. The molecular formula is C23H25FN4O3S. The zero-order valence-electron chi connectivity index (χ0n) is 17.8. The Balaban J connectivity index is 1.46. The molecule has 2 heterocycles. The number of hydrogen-bond donors (Lipinski definition) is 1. The molecule has 0 saturated carbocycles. The van der Waals surface area contributed by atoms with Crippen LogP contribution in [0, 0.1) is 5.82 Å². The highest BCUT2D eigenvalue weighted by atomic mass is 32.2. The fourth-order valence-electron chi connectivity index (χ4n) is 3.69. The molecule has 32 heavy (non-hydrogen) atoms. The molecule has 0 unspecified atom stereocenters. The molecule has 9 heteroatoms. The minimum Gasteiger partial charge on any atom is -0.494 e. The second-order valence-electron chi connectivity index (χ2n) is 7.66. The largest absolute Gasteiger partial charge is 0.494 e. The zero-order chi connectivity index (χ0) is 22.6. The van der Waals surface area contributed by atoms with Gasteiger partial charge in [-0.15, -0.1) is 10.2 Å². The van der Waals surface area contributed by atoms with Gasteiger partial charge in [0, 0.05) is 24.3 Å². The number of ether oxygens (including phenoxy) is 1. The van der Waals surface area contributed by atoms with Crippen LogP contribution in [-0.4, -0.2) is 38.8 Å². The van der Waals surface area contributed by atoms with Crippen molar-refractivity contribution in [3.05, 3.63) is 60.4 Å². The van der Waals surface area contributed by atoms with Crippen molar-refractivity contribution in [2.24, 2.45) is 0 Å². The lowest BCUT2D eigenvalue weighted by Gasteiger charge is -2.20. The topological polar surface area (TPSA) is 84.4 Å². The number of nitrogens with one attached hydrogen (secondary N) is 1. The van der Waals surface area contributed by atoms with Gasteiger partial charge in [-0.1, -0.05) is 25.0 Å². The van der Waals surface area contributed by atoms with Crippen molar-refractivity contribution in [3.63, 3.8) is 0 Å². The van der Waals surface area contributed by atoms with Crippen LogP contribution < -0.4 is 14.4 Å². The summed E-state index contributed by atoms with van der Waals surface area (Å²) in [6.45, 7) is 2.00. The Morgan fingerprint density at radius 1 is 0.938 bits per heavy atom. The Bertz CT molecular complexity index is 1160. The summed E-state index contributed by atoms with van der Waals surface area (Å²) in [7, 11) is -2.62. The number of rotatable bonds is 6. The minimum absolute atomic E-state index is 0.0173. The molecule has 0 radical (unpaired) electrons. The fraction of sp³-hybridized carbons (Fsp3) is 0.304. The van der Waals surface area contributed by atoms with Crippen LogP contribution in [0.25, 0.3) is 11.3 Å². The molecule has 1 saturated heterocycles. The first-order valence-corrected chi connectivity index (χ1v) is 12.0. The molecule has 1 aromatic heterocycles. The second kappa shape index (κ2) is 9.52. The lowest BCUT2D eigenvalue weighted by Crippen LogP contribution is -2.25. The molecule has 4 rings (SSSR count). The maximum absolute atomic E-state index is 13.9. The average molecular weight is 457 g/mol. The van der Waals surface area contributed by atoms with Crippen LogP contribution in [0.3, 0.4) is 0 Å². The Morgan fingerprint density at radius 3 is 2.25 bits per heavy atom. The van der Waals surface area contributed by atoms with Gasteiger partial charge in [0.1, 0.15) is 0 Å². The SMILES string of the molecule is COc1ccc(S(=O)(=O)Nc2ccc(-c3ccc(N4CCCCCC4)nn3)cc2)cc1F. The Hall–Kier alpha value is -3.20. The summed E-state index contributed by atoms with van der Waals surface area (Å²) < 4.78 is 46.3. The highest BCUT2D eigenvalue weighted by molar-refractivity contribution is 7.92. The van der Waals surface area contributed by atoms with Crippen molar-refractivity contribution in [1.29, 1.82) is 0 Å². The van der Waals surface area contributed by atoms with E-state index >= 15 is 0 Å². The first kappa shape index (κ1) is 22.0. The van der Waals surface area contributed by atoms with E-state index in [-0.39, 0.29) is 10.6 Å². The van der Waals surface area contributed by atoms with Crippen LogP contribution in [0.15, 0.2) is 59.5 Å². The number of methoxy groups -OCH3 is 1. The van der Waals surface area contributed by atoms with E-state index in [2.05, 4.69) is 19.8 Å². The van der Waals surface area contributed by atoms with E-state index in [0.29, 0.717) is 11.4 Å². The minimum atomic E-state index is -3.94. The number of aromatic nitrogens is 2. The molecule has 168 valence electrons. The first-order chi connectivity index (χ1) is 15.5. The van der Waals surface area contributed by atoms with Gasteiger partial charge in [0.25, 0.3) is 10.0 Å². The van der Waals surface area contributed by atoms with E-state index in [1.807, 2.05) is 12.1 Å². The van der Waals surface area contributed by atoms with Crippen LogP contribution in [0.5, 0.6) is 5.75 Å². The number of hydrogen-bond acceptors (Lipinski definition) is 6. The van der Waals surface area contributed by atoms with Gasteiger partial charge in [-0.05, 0) is 55.3 Å². The first-order valence-electron chi connectivity index (χ1n) is 10.5. The maximum Gasteiger partial charge on any atom is 0.262 e. The maximum atomic E-state index is 13.9. The molecule has 2 aromatic carbocycles. The summed E-state index contributed by atoms with van der Waals surface area (Å²) in [5, 5.41) is 8.73. The van der Waals surface area contributed by atoms with Crippen molar-refractivity contribution < 1.29 is 17.5 Å². The average Bonchev–Trinajstić information content (AvgIpc) is 3.09. The van der Waals surface area contributed by atoms with Gasteiger partial charge in [0.2, 0.25) is 0 Å². The molecule has 1 aliphatic heterocycles. The smallest absolute Gasteiger partial charge is 0.262 e. The highest BCUT2D eigenvalue weighted by Crippen LogP contribution is 2.25. The van der Waals surface area contributed by atoms with E-state index in [1.54, 1.807) is 24.3 Å². The lowest BCUT2D eigenvalue weighted by molar-refractivity contribution is 0.385. The molecule has 1 N–H and O–H groups in total. The van der Waals surface area contributed by atoms with Gasteiger partial charge in [-0.25, -0.2) is 12.8 Å². The normalized spacial score (nSPS) is 14.6. The van der Waals surface area contributed by atoms with Crippen LogP contribution in [0.2, 0.25) is 0 Å². The summed E-state index contributed by atoms with van der Waals surface area (Å²) in [6.07, 6.45) is 4.85. The van der Waals surface area contributed by atoms with Crippen LogP contribution >= 0.6 is 0 Å². The number of anilines is 2. The molecule has 1 aliphatic rings. The van der Waals surface area contributed by atoms with Gasteiger partial charge in [0.05, 0.1) is 17.7 Å². The summed E-state index contributed by atoms with van der Waals surface area (Å²) in [5.41, 5.74) is 1.88. The standard InChI is InChI=1S/C23H25FN4O3S/c1-31-22-12-10-19(16-20(22)24)32(29,30)27-18-8-6-17(7-9-18)21-11-13-23(26-25-21)28-14-4-2-3-5-15-28/h6-13,16,27H,2-5,14-15H2,1H3. The van der Waals surface area contributed by atoms with Gasteiger partial charge < -0.3 is 9.64 Å². The summed E-state index contributed by atoms with van der Waals surface area (Å²) in [6, 6.07) is 14.2. The summed E-state index contributed by atoms with van der Waals surface area (Å²) in [5.74, 6) is 0.121. The molecule has 0 spiro atoms. The highest BCUT2D eigenvalue weighted by Gasteiger charge is 2.17. The van der Waals surface area contributed by atoms with Crippen molar-refractivity contribution in [2.75, 3.05) is 29.8 Å². The van der Waals surface area contributed by atoms with E-state index in [1.165, 1.54) is 44.9 Å². The van der Waals surface area contributed by atoms with E-state index in [0.717, 1.165) is 30.5 Å². The van der Waals surface area contributed by atoms with Crippen molar-refractivity contribution >= 4 is 21.5 Å². The quantitative estimate of drug-likeness (QED) is 0.589. The number of halogens is 1. The molecule has 0 bridgehead atoms. The zero-order valence-corrected chi connectivity index (χ0v) is 18.6. The number of nitrogens with zero attached hydrogens (tertiary/aromatic N) is 3. The third kappa shape index (κ3) is 4.99. The lowest BCUT2D eigenvalue weighted by atomic mass is 10.1. The van der Waals surface area contributed by atoms with Gasteiger partial charge in [-0.3, -0.25) is 4.72 Å². The van der Waals surface area contributed by atoms with Crippen LogP contribution in [0.4, 0.5) is 15.9 Å². The molecule has 0 atom stereocenters. The van der Waals surface area contributed by atoms with Crippen molar-refractivity contribution in [2.45, 2.75) is 30.6 Å².